The first-order valence-corrected chi connectivity index (χ1v) is 7.99. The van der Waals surface area contributed by atoms with E-state index in [1.165, 1.54) is 8.96 Å². The molecule has 21 heavy (non-hydrogen) atoms. The number of rotatable bonds is 2. The highest BCUT2D eigenvalue weighted by molar-refractivity contribution is 14.1. The van der Waals surface area contributed by atoms with E-state index in [9.17, 15) is 0 Å². The number of pyridine rings is 1. The van der Waals surface area contributed by atoms with E-state index in [0.717, 1.165) is 27.7 Å². The molecule has 0 unspecified atom stereocenters. The molecule has 0 aliphatic rings. The number of nitrogens with zero attached hydrogens (tertiary/aromatic N) is 1. The Morgan fingerprint density at radius 1 is 1.00 bits per heavy atom. The third kappa shape index (κ3) is 3.81. The minimum absolute atomic E-state index is 0. The van der Waals surface area contributed by atoms with E-state index < -0.39 is 0 Å². The Morgan fingerprint density at radius 3 is 2.52 bits per heavy atom. The van der Waals surface area contributed by atoms with Crippen LogP contribution in [0.5, 0.6) is 0 Å². The van der Waals surface area contributed by atoms with Gasteiger partial charge in [-0.15, -0.1) is 0 Å². The van der Waals surface area contributed by atoms with Gasteiger partial charge in [0.1, 0.15) is 0 Å². The smallest absolute Gasteiger partial charge is 0.215 e. The first-order valence-electron chi connectivity index (χ1n) is 6.16. The van der Waals surface area contributed by atoms with Crippen molar-refractivity contribution in [2.45, 2.75) is 6.54 Å². The summed E-state index contributed by atoms with van der Waals surface area (Å²) in [7, 11) is 0. The number of benzene rings is 2. The molecule has 0 N–H and O–H groups in total. The van der Waals surface area contributed by atoms with Gasteiger partial charge in [0.25, 0.3) is 0 Å². The zero-order valence-corrected chi connectivity index (χ0v) is 16.7. The maximum absolute atomic E-state index is 6.25. The van der Waals surface area contributed by atoms with Gasteiger partial charge in [-0.3, -0.25) is 0 Å². The zero-order chi connectivity index (χ0) is 14.1. The van der Waals surface area contributed by atoms with Crippen molar-refractivity contribution in [3.05, 3.63) is 73.9 Å². The molecular weight excluding hydrogens is 531 g/mol. The maximum atomic E-state index is 6.25. The first-order chi connectivity index (χ1) is 9.65. The van der Waals surface area contributed by atoms with Crippen LogP contribution >= 0.6 is 45.8 Å². The second-order valence-corrected chi connectivity index (χ2v) is 6.55. The van der Waals surface area contributed by atoms with Crippen LogP contribution in [0.1, 0.15) is 5.56 Å². The molecule has 0 aliphatic carbocycles. The predicted molar refractivity (Wildman–Crippen MR) is 92.4 cm³/mol. The molecule has 0 aliphatic heterocycles. The molecule has 5 heteroatoms. The summed E-state index contributed by atoms with van der Waals surface area (Å²) in [5.74, 6) is 0. The topological polar surface area (TPSA) is 3.88 Å². The van der Waals surface area contributed by atoms with Gasteiger partial charge in [0.15, 0.2) is 12.7 Å². The predicted octanol–water partition coefficient (Wildman–Crippen LogP) is 2.09. The van der Waals surface area contributed by atoms with Crippen LogP contribution in [-0.4, -0.2) is 0 Å². The lowest BCUT2D eigenvalue weighted by Gasteiger charge is -2.05. The van der Waals surface area contributed by atoms with Crippen molar-refractivity contribution >= 4 is 56.7 Å². The Morgan fingerprint density at radius 2 is 1.76 bits per heavy atom. The molecular formula is C16H11Cl2I2N. The molecule has 0 saturated carbocycles. The molecule has 1 aromatic heterocycles. The summed E-state index contributed by atoms with van der Waals surface area (Å²) in [6.45, 7) is 0.730. The van der Waals surface area contributed by atoms with Gasteiger partial charge in [-0.25, -0.2) is 0 Å². The highest BCUT2D eigenvalue weighted by atomic mass is 127. The van der Waals surface area contributed by atoms with Crippen LogP contribution in [0.2, 0.25) is 10.0 Å². The SMILES string of the molecule is Clc1ccc2c(I)cc[n+](Cc3ccccc3Cl)c2c1.[I-]. The summed E-state index contributed by atoms with van der Waals surface area (Å²) in [5, 5.41) is 2.73. The van der Waals surface area contributed by atoms with Crippen LogP contribution in [0.25, 0.3) is 10.9 Å². The number of hydrogen-bond acceptors (Lipinski definition) is 0. The van der Waals surface area contributed by atoms with Crippen molar-refractivity contribution in [3.8, 4) is 0 Å². The van der Waals surface area contributed by atoms with Crippen molar-refractivity contribution in [1.82, 2.24) is 0 Å². The Labute approximate surface area is 164 Å². The second-order valence-electron chi connectivity index (χ2n) is 4.54. The van der Waals surface area contributed by atoms with E-state index in [-0.39, 0.29) is 24.0 Å². The molecule has 1 heterocycles. The fourth-order valence-electron chi connectivity index (χ4n) is 2.22. The number of fused-ring (bicyclic) bond motifs is 1. The van der Waals surface area contributed by atoms with E-state index >= 15 is 0 Å². The molecule has 0 spiro atoms. The average Bonchev–Trinajstić information content (AvgIpc) is 2.44. The van der Waals surface area contributed by atoms with Crippen molar-refractivity contribution in [2.24, 2.45) is 0 Å². The lowest BCUT2D eigenvalue weighted by molar-refractivity contribution is -0.662. The van der Waals surface area contributed by atoms with Gasteiger partial charge < -0.3 is 24.0 Å². The molecule has 1 nitrogen and oxygen atoms in total. The van der Waals surface area contributed by atoms with Gasteiger partial charge in [0.2, 0.25) is 5.52 Å². The molecule has 2 aromatic carbocycles. The van der Waals surface area contributed by atoms with E-state index in [4.69, 9.17) is 23.2 Å². The highest BCUT2D eigenvalue weighted by Gasteiger charge is 2.14. The van der Waals surface area contributed by atoms with Gasteiger partial charge in [-0.2, -0.15) is 4.57 Å². The third-order valence-electron chi connectivity index (χ3n) is 3.23. The molecule has 3 aromatic rings. The van der Waals surface area contributed by atoms with Crippen LogP contribution in [0.4, 0.5) is 0 Å². The van der Waals surface area contributed by atoms with Crippen molar-refractivity contribution < 1.29 is 28.5 Å². The summed E-state index contributed by atoms with van der Waals surface area (Å²) >= 11 is 14.7. The molecule has 0 amide bonds. The van der Waals surface area contributed by atoms with Gasteiger partial charge in [0.05, 0.1) is 10.4 Å². The standard InChI is InChI=1S/C16H11Cl2IN.HI/c17-12-5-6-13-15(19)7-8-20(16(13)9-12)10-11-3-1-2-4-14(11)18;/h1-9H,10H2;1H/q+1;/p-1. The number of aromatic nitrogens is 1. The monoisotopic (exact) mass is 541 g/mol. The minimum atomic E-state index is 0. The normalized spacial score (nSPS) is 10.4. The summed E-state index contributed by atoms with van der Waals surface area (Å²) in [6.07, 6.45) is 2.07. The fourth-order valence-corrected chi connectivity index (χ4v) is 3.20. The van der Waals surface area contributed by atoms with Gasteiger partial charge in [-0.1, -0.05) is 41.4 Å². The van der Waals surface area contributed by atoms with Gasteiger partial charge >= 0.3 is 0 Å². The van der Waals surface area contributed by atoms with Crippen LogP contribution < -0.4 is 28.5 Å². The quantitative estimate of drug-likeness (QED) is 0.346. The van der Waals surface area contributed by atoms with Crippen LogP contribution in [-0.2, 0) is 6.54 Å². The summed E-state index contributed by atoms with van der Waals surface area (Å²) in [5.41, 5.74) is 2.21. The van der Waals surface area contributed by atoms with Crippen molar-refractivity contribution in [3.63, 3.8) is 0 Å². The molecule has 0 fully saturated rings. The Balaban J connectivity index is 0.00000161. The summed E-state index contributed by atoms with van der Waals surface area (Å²) < 4.78 is 3.38. The molecule has 0 atom stereocenters. The highest BCUT2D eigenvalue weighted by Crippen LogP contribution is 2.22. The molecule has 3 rings (SSSR count). The van der Waals surface area contributed by atoms with Crippen LogP contribution in [0.15, 0.2) is 54.7 Å². The van der Waals surface area contributed by atoms with E-state index in [1.54, 1.807) is 0 Å². The van der Waals surface area contributed by atoms with Crippen LogP contribution in [0, 0.1) is 3.57 Å². The van der Waals surface area contributed by atoms with E-state index in [2.05, 4.69) is 45.5 Å². The second kappa shape index (κ2) is 7.44. The third-order valence-corrected chi connectivity index (χ3v) is 4.77. The first kappa shape index (κ1) is 17.2. The summed E-state index contributed by atoms with van der Waals surface area (Å²) in [4.78, 5) is 0. The van der Waals surface area contributed by atoms with E-state index in [1.807, 2.05) is 36.4 Å². The lowest BCUT2D eigenvalue weighted by Crippen LogP contribution is -3.00. The zero-order valence-electron chi connectivity index (χ0n) is 10.9. The Kier molecular flexibility index (Phi) is 6.11. The Bertz CT molecular complexity index is 790. The van der Waals surface area contributed by atoms with Crippen molar-refractivity contribution in [2.75, 3.05) is 0 Å². The molecule has 0 radical (unpaired) electrons. The molecule has 0 saturated heterocycles. The van der Waals surface area contributed by atoms with Gasteiger partial charge in [0, 0.05) is 26.3 Å². The molecule has 0 bridgehead atoms. The number of halogens is 4. The van der Waals surface area contributed by atoms with Crippen molar-refractivity contribution in [1.29, 1.82) is 0 Å². The lowest BCUT2D eigenvalue weighted by atomic mass is 10.2. The summed E-state index contributed by atoms with van der Waals surface area (Å²) in [6, 6.07) is 16.0. The molecule has 108 valence electrons. The van der Waals surface area contributed by atoms with Gasteiger partial charge in [-0.05, 0) is 40.8 Å². The van der Waals surface area contributed by atoms with E-state index in [0.29, 0.717) is 0 Å². The fraction of sp³-hybridized carbons (Fsp3) is 0.0625. The minimum Gasteiger partial charge on any atom is -1.00 e. The number of hydrogen-bond donors (Lipinski definition) is 0. The largest absolute Gasteiger partial charge is 1.00 e. The average molecular weight is 542 g/mol. The Hall–Kier alpha value is -0.110. The maximum Gasteiger partial charge on any atom is 0.215 e. The van der Waals surface area contributed by atoms with Crippen LogP contribution in [0.3, 0.4) is 0 Å².